The summed E-state index contributed by atoms with van der Waals surface area (Å²) in [5, 5.41) is 2.47. The average molecular weight is 256 g/mol. The van der Waals surface area contributed by atoms with Crippen LogP contribution in [0.15, 0.2) is 18.2 Å². The molecule has 98 valence electrons. The predicted molar refractivity (Wildman–Crippen MR) is 62.8 cm³/mol. The third kappa shape index (κ3) is 2.52. The van der Waals surface area contributed by atoms with E-state index >= 15 is 0 Å². The van der Waals surface area contributed by atoms with Gasteiger partial charge in [-0.1, -0.05) is 0 Å². The van der Waals surface area contributed by atoms with Gasteiger partial charge in [0.2, 0.25) is 0 Å². The first-order valence-electron chi connectivity index (χ1n) is 5.53. The van der Waals surface area contributed by atoms with Gasteiger partial charge in [0, 0.05) is 24.4 Å². The first-order valence-corrected chi connectivity index (χ1v) is 5.53. The van der Waals surface area contributed by atoms with Crippen LogP contribution < -0.4 is 15.8 Å². The Morgan fingerprint density at radius 3 is 2.83 bits per heavy atom. The first-order chi connectivity index (χ1) is 8.44. The van der Waals surface area contributed by atoms with Crippen molar-refractivity contribution in [1.82, 2.24) is 5.32 Å². The van der Waals surface area contributed by atoms with Crippen molar-refractivity contribution < 1.29 is 18.3 Å². The molecule has 0 saturated heterocycles. The number of anilines is 1. The number of alkyl halides is 2. The molecule has 1 unspecified atom stereocenters. The molecule has 1 aliphatic carbocycles. The van der Waals surface area contributed by atoms with Gasteiger partial charge in [0.1, 0.15) is 5.75 Å². The lowest BCUT2D eigenvalue weighted by atomic mass is 10.1. The normalized spacial score (nSPS) is 20.3. The molecule has 6 heteroatoms. The molecule has 1 aromatic carbocycles. The minimum Gasteiger partial charge on any atom is -0.495 e. The molecule has 2 rings (SSSR count). The summed E-state index contributed by atoms with van der Waals surface area (Å²) in [6, 6.07) is 4.55. The van der Waals surface area contributed by atoms with Crippen molar-refractivity contribution in [3.8, 4) is 5.75 Å². The number of ether oxygens (including phenoxy) is 1. The fourth-order valence-electron chi connectivity index (χ4n) is 1.66. The Morgan fingerprint density at radius 1 is 1.61 bits per heavy atom. The van der Waals surface area contributed by atoms with Crippen LogP contribution in [-0.4, -0.2) is 25.5 Å². The van der Waals surface area contributed by atoms with Crippen LogP contribution in [0.2, 0.25) is 0 Å². The number of nitrogens with two attached hydrogens (primary N) is 1. The molecule has 0 radical (unpaired) electrons. The molecule has 0 bridgehead atoms. The molecule has 1 aliphatic rings. The maximum atomic E-state index is 12.6. The zero-order valence-corrected chi connectivity index (χ0v) is 9.87. The minimum absolute atomic E-state index is 0.0154. The van der Waals surface area contributed by atoms with Gasteiger partial charge in [-0.25, -0.2) is 8.78 Å². The number of amides is 1. The molecule has 1 saturated carbocycles. The number of nitrogen functional groups attached to an aromatic ring is 1. The van der Waals surface area contributed by atoms with E-state index in [1.807, 2.05) is 0 Å². The Balaban J connectivity index is 1.96. The van der Waals surface area contributed by atoms with Crippen molar-refractivity contribution in [2.24, 2.45) is 5.92 Å². The zero-order chi connectivity index (χ0) is 13.3. The number of methoxy groups -OCH3 is 1. The highest BCUT2D eigenvalue weighted by molar-refractivity contribution is 5.95. The quantitative estimate of drug-likeness (QED) is 0.805. The van der Waals surface area contributed by atoms with Crippen molar-refractivity contribution in [1.29, 1.82) is 0 Å². The maximum absolute atomic E-state index is 12.6. The number of nitrogens with one attached hydrogen (secondary N) is 1. The van der Waals surface area contributed by atoms with E-state index in [-0.39, 0.29) is 13.0 Å². The first kappa shape index (κ1) is 12.6. The molecule has 1 aromatic rings. The van der Waals surface area contributed by atoms with Crippen LogP contribution in [0.25, 0.3) is 0 Å². The van der Waals surface area contributed by atoms with Crippen molar-refractivity contribution in [3.63, 3.8) is 0 Å². The molecule has 0 heterocycles. The summed E-state index contributed by atoms with van der Waals surface area (Å²) in [5.74, 6) is -3.38. The van der Waals surface area contributed by atoms with E-state index < -0.39 is 17.7 Å². The van der Waals surface area contributed by atoms with Crippen LogP contribution in [0.1, 0.15) is 16.8 Å². The molecular weight excluding hydrogens is 242 g/mol. The summed E-state index contributed by atoms with van der Waals surface area (Å²) < 4.78 is 30.2. The topological polar surface area (TPSA) is 64.3 Å². The van der Waals surface area contributed by atoms with Crippen molar-refractivity contribution in [2.75, 3.05) is 19.4 Å². The molecule has 0 aromatic heterocycles. The maximum Gasteiger partial charge on any atom is 0.253 e. The summed E-state index contributed by atoms with van der Waals surface area (Å²) >= 11 is 0. The lowest BCUT2D eigenvalue weighted by Gasteiger charge is -2.08. The number of benzene rings is 1. The smallest absolute Gasteiger partial charge is 0.253 e. The Labute approximate surface area is 103 Å². The molecule has 1 fully saturated rings. The minimum atomic E-state index is -2.62. The van der Waals surface area contributed by atoms with Crippen molar-refractivity contribution in [2.45, 2.75) is 12.3 Å². The van der Waals surface area contributed by atoms with E-state index in [1.165, 1.54) is 19.2 Å². The van der Waals surface area contributed by atoms with E-state index in [9.17, 15) is 13.6 Å². The fraction of sp³-hybridized carbons (Fsp3) is 0.417. The van der Waals surface area contributed by atoms with Gasteiger partial charge >= 0.3 is 0 Å². The molecule has 4 nitrogen and oxygen atoms in total. The second-order valence-corrected chi connectivity index (χ2v) is 4.33. The molecule has 1 amide bonds. The molecule has 0 aliphatic heterocycles. The fourth-order valence-corrected chi connectivity index (χ4v) is 1.66. The van der Waals surface area contributed by atoms with Crippen molar-refractivity contribution >= 4 is 11.6 Å². The standard InChI is InChI=1S/C12H14F2N2O2/c1-18-10-4-7(2-3-9(10)15)11(17)16-6-8-5-12(8,13)14/h2-4,8H,5-6,15H2,1H3,(H,16,17). The summed E-state index contributed by atoms with van der Waals surface area (Å²) in [5.41, 5.74) is 6.37. The van der Waals surface area contributed by atoms with Crippen LogP contribution in [-0.2, 0) is 0 Å². The molecule has 3 N–H and O–H groups in total. The second-order valence-electron chi connectivity index (χ2n) is 4.33. The molecule has 18 heavy (non-hydrogen) atoms. The van der Waals surface area contributed by atoms with E-state index in [4.69, 9.17) is 10.5 Å². The van der Waals surface area contributed by atoms with Crippen LogP contribution in [0.5, 0.6) is 5.75 Å². The van der Waals surface area contributed by atoms with Gasteiger partial charge in [-0.3, -0.25) is 4.79 Å². The third-order valence-corrected chi connectivity index (χ3v) is 2.96. The van der Waals surface area contributed by atoms with Gasteiger partial charge < -0.3 is 15.8 Å². The Kier molecular flexibility index (Phi) is 3.11. The highest BCUT2D eigenvalue weighted by atomic mass is 19.3. The van der Waals surface area contributed by atoms with Gasteiger partial charge in [-0.2, -0.15) is 0 Å². The number of carbonyl (C=O) groups excluding carboxylic acids is 1. The summed E-state index contributed by atoms with van der Waals surface area (Å²) in [6.45, 7) is -0.0154. The number of carbonyl (C=O) groups is 1. The van der Waals surface area contributed by atoms with E-state index in [0.29, 0.717) is 17.0 Å². The van der Waals surface area contributed by atoms with Crippen LogP contribution in [0.4, 0.5) is 14.5 Å². The number of hydrogen-bond acceptors (Lipinski definition) is 3. The Bertz CT molecular complexity index is 477. The van der Waals surface area contributed by atoms with Gasteiger partial charge in [0.25, 0.3) is 11.8 Å². The predicted octanol–water partition coefficient (Wildman–Crippen LogP) is 1.66. The average Bonchev–Trinajstić information content (AvgIpc) is 2.94. The third-order valence-electron chi connectivity index (χ3n) is 2.96. The highest BCUT2D eigenvalue weighted by Gasteiger charge is 2.56. The lowest BCUT2D eigenvalue weighted by Crippen LogP contribution is -2.26. The van der Waals surface area contributed by atoms with Crippen LogP contribution in [0, 0.1) is 5.92 Å². The zero-order valence-electron chi connectivity index (χ0n) is 9.87. The van der Waals surface area contributed by atoms with Gasteiger partial charge in [-0.15, -0.1) is 0 Å². The SMILES string of the molecule is COc1cc(C(=O)NCC2CC2(F)F)ccc1N. The van der Waals surface area contributed by atoms with Gasteiger partial charge in [-0.05, 0) is 18.2 Å². The molecular formula is C12H14F2N2O2. The van der Waals surface area contributed by atoms with E-state index in [0.717, 1.165) is 0 Å². The lowest BCUT2D eigenvalue weighted by molar-refractivity contribution is 0.0895. The Morgan fingerprint density at radius 2 is 2.28 bits per heavy atom. The number of halogens is 2. The van der Waals surface area contributed by atoms with Crippen LogP contribution in [0.3, 0.4) is 0 Å². The monoisotopic (exact) mass is 256 g/mol. The summed E-state index contributed by atoms with van der Waals surface area (Å²) in [6.07, 6.45) is -0.154. The van der Waals surface area contributed by atoms with Crippen LogP contribution >= 0.6 is 0 Å². The van der Waals surface area contributed by atoms with E-state index in [1.54, 1.807) is 6.07 Å². The van der Waals surface area contributed by atoms with Crippen molar-refractivity contribution in [3.05, 3.63) is 23.8 Å². The molecule has 0 spiro atoms. The van der Waals surface area contributed by atoms with Gasteiger partial charge in [0.15, 0.2) is 0 Å². The summed E-state index contributed by atoms with van der Waals surface area (Å²) in [7, 11) is 1.44. The van der Waals surface area contributed by atoms with E-state index in [2.05, 4.69) is 5.32 Å². The second kappa shape index (κ2) is 4.44. The largest absolute Gasteiger partial charge is 0.495 e. The highest BCUT2D eigenvalue weighted by Crippen LogP contribution is 2.47. The number of rotatable bonds is 4. The summed E-state index contributed by atoms with van der Waals surface area (Å²) in [4.78, 5) is 11.7. The van der Waals surface area contributed by atoms with Gasteiger partial charge in [0.05, 0.1) is 12.8 Å². The Hall–Kier alpha value is -1.85. The number of hydrogen-bond donors (Lipinski definition) is 2. The molecule has 1 atom stereocenters.